The number of imidazole rings is 1. The Kier molecular flexibility index (Phi) is 9.45. The maximum atomic E-state index is 14.3. The molecule has 2 aromatic heterocycles. The molecule has 0 radical (unpaired) electrons. The van der Waals surface area contributed by atoms with Crippen molar-refractivity contribution < 1.29 is 28.2 Å². The lowest BCUT2D eigenvalue weighted by Crippen LogP contribution is -2.49. The van der Waals surface area contributed by atoms with E-state index >= 15 is 0 Å². The Hall–Kier alpha value is -4.59. The van der Waals surface area contributed by atoms with Crippen LogP contribution in [0.4, 0.5) is 15.9 Å². The standard InChI is InChI=1S/C30H34FN7O5/c1-19-13-21(4-5-23(19)30(40)34-8-11-42-18-27(39)37-10-12-43-22(15-32)17-37)36-28-29-35-16-25(38(29)9-7-33-28)20-3-6-26(41-2)24(31)14-20/h3-7,9,13-14,16,22H,8,10-12,15,17-18,32H2,1-2H3,(H,33,36)(H,34,40). The van der Waals surface area contributed by atoms with Crippen LogP contribution in [0.5, 0.6) is 5.75 Å². The Bertz CT molecular complexity index is 1610. The maximum absolute atomic E-state index is 14.3. The minimum absolute atomic E-state index is 0.0671. The normalized spacial score (nSPS) is 15.0. The molecule has 3 heterocycles. The van der Waals surface area contributed by atoms with E-state index in [9.17, 15) is 14.0 Å². The number of nitrogens with one attached hydrogen (secondary N) is 2. The maximum Gasteiger partial charge on any atom is 0.251 e. The zero-order valence-corrected chi connectivity index (χ0v) is 24.0. The number of nitrogens with zero attached hydrogens (tertiary/aromatic N) is 4. The number of carbonyl (C=O) groups is 2. The number of hydrogen-bond acceptors (Lipinski definition) is 9. The number of aryl methyl sites for hydroxylation is 1. The van der Waals surface area contributed by atoms with E-state index in [2.05, 4.69) is 20.6 Å². The molecule has 226 valence electrons. The first-order chi connectivity index (χ1) is 20.9. The van der Waals surface area contributed by atoms with Gasteiger partial charge in [-0.2, -0.15) is 0 Å². The van der Waals surface area contributed by atoms with Crippen LogP contribution >= 0.6 is 0 Å². The van der Waals surface area contributed by atoms with Gasteiger partial charge in [-0.1, -0.05) is 0 Å². The Morgan fingerprint density at radius 3 is 2.84 bits per heavy atom. The monoisotopic (exact) mass is 591 g/mol. The molecule has 0 bridgehead atoms. The van der Waals surface area contributed by atoms with Crippen LogP contribution in [0.1, 0.15) is 15.9 Å². The van der Waals surface area contributed by atoms with Gasteiger partial charge in [0.1, 0.15) is 6.61 Å². The Balaban J connectivity index is 1.16. The van der Waals surface area contributed by atoms with E-state index in [1.165, 1.54) is 13.2 Å². The fourth-order valence-electron chi connectivity index (χ4n) is 4.85. The van der Waals surface area contributed by atoms with Gasteiger partial charge in [0, 0.05) is 55.4 Å². The van der Waals surface area contributed by atoms with Crippen molar-refractivity contribution in [3.63, 3.8) is 0 Å². The van der Waals surface area contributed by atoms with Crippen LogP contribution in [-0.2, 0) is 14.3 Å². The predicted octanol–water partition coefficient (Wildman–Crippen LogP) is 2.53. The molecule has 13 heteroatoms. The number of anilines is 2. The number of ether oxygens (including phenoxy) is 3. The zero-order valence-electron chi connectivity index (χ0n) is 24.0. The number of amides is 2. The third-order valence-corrected chi connectivity index (χ3v) is 7.12. The molecule has 43 heavy (non-hydrogen) atoms. The Morgan fingerprint density at radius 1 is 1.21 bits per heavy atom. The average Bonchev–Trinajstić information content (AvgIpc) is 3.46. The molecule has 1 aliphatic rings. The predicted molar refractivity (Wildman–Crippen MR) is 158 cm³/mol. The van der Waals surface area contributed by atoms with Crippen LogP contribution in [0, 0.1) is 12.7 Å². The SMILES string of the molecule is COc1ccc(-c2cnc3c(Nc4ccc(C(=O)NCCOCC(=O)N5CCOC(CN)C5)c(C)c4)nccn23)cc1F. The molecular formula is C30H34FN7O5. The molecule has 4 N–H and O–H groups in total. The van der Waals surface area contributed by atoms with Crippen LogP contribution in [0.15, 0.2) is 55.0 Å². The van der Waals surface area contributed by atoms with Crippen molar-refractivity contribution in [1.29, 1.82) is 0 Å². The topological polar surface area (TPSA) is 145 Å². The van der Waals surface area contributed by atoms with Crippen LogP contribution in [0.3, 0.4) is 0 Å². The molecule has 2 amide bonds. The van der Waals surface area contributed by atoms with Crippen LogP contribution in [0.25, 0.3) is 16.9 Å². The number of benzene rings is 2. The van der Waals surface area contributed by atoms with E-state index in [4.69, 9.17) is 19.9 Å². The van der Waals surface area contributed by atoms with Gasteiger partial charge < -0.3 is 35.5 Å². The summed E-state index contributed by atoms with van der Waals surface area (Å²) in [5.41, 5.74) is 9.51. The summed E-state index contributed by atoms with van der Waals surface area (Å²) in [6.45, 7) is 4.02. The highest BCUT2D eigenvalue weighted by atomic mass is 19.1. The van der Waals surface area contributed by atoms with Gasteiger partial charge in [-0.15, -0.1) is 0 Å². The summed E-state index contributed by atoms with van der Waals surface area (Å²) in [6.07, 6.45) is 4.88. The molecule has 0 saturated carbocycles. The molecule has 0 aliphatic carbocycles. The molecule has 0 spiro atoms. The molecule has 1 fully saturated rings. The van der Waals surface area contributed by atoms with Gasteiger partial charge in [0.25, 0.3) is 5.91 Å². The third-order valence-electron chi connectivity index (χ3n) is 7.12. The van der Waals surface area contributed by atoms with Crippen molar-refractivity contribution in [2.75, 3.05) is 58.4 Å². The molecule has 1 aliphatic heterocycles. The molecular weight excluding hydrogens is 557 g/mol. The van der Waals surface area contributed by atoms with Gasteiger partial charge >= 0.3 is 0 Å². The van der Waals surface area contributed by atoms with E-state index < -0.39 is 5.82 Å². The quantitative estimate of drug-likeness (QED) is 0.224. The zero-order chi connectivity index (χ0) is 30.3. The van der Waals surface area contributed by atoms with Gasteiger partial charge in [0.15, 0.2) is 23.0 Å². The molecule has 1 saturated heterocycles. The second-order valence-corrected chi connectivity index (χ2v) is 9.99. The number of hydrogen-bond donors (Lipinski definition) is 3. The molecule has 5 rings (SSSR count). The number of morpholine rings is 1. The second-order valence-electron chi connectivity index (χ2n) is 9.99. The molecule has 2 aromatic carbocycles. The van der Waals surface area contributed by atoms with E-state index in [1.54, 1.807) is 47.8 Å². The summed E-state index contributed by atoms with van der Waals surface area (Å²) in [6, 6.07) is 10.1. The van der Waals surface area contributed by atoms with Crippen LogP contribution in [0.2, 0.25) is 0 Å². The smallest absolute Gasteiger partial charge is 0.251 e. The Labute approximate surface area is 248 Å². The lowest BCUT2D eigenvalue weighted by Gasteiger charge is -2.32. The van der Waals surface area contributed by atoms with E-state index in [-0.39, 0.29) is 43.4 Å². The summed E-state index contributed by atoms with van der Waals surface area (Å²) in [5.74, 6) is -0.169. The van der Waals surface area contributed by atoms with Gasteiger partial charge in [0.2, 0.25) is 5.91 Å². The number of rotatable bonds is 11. The molecule has 12 nitrogen and oxygen atoms in total. The average molecular weight is 592 g/mol. The summed E-state index contributed by atoms with van der Waals surface area (Å²) in [5, 5.41) is 6.09. The van der Waals surface area contributed by atoms with Crippen molar-refractivity contribution in [2.45, 2.75) is 13.0 Å². The highest BCUT2D eigenvalue weighted by Gasteiger charge is 2.23. The van der Waals surface area contributed by atoms with Crippen LogP contribution in [-0.4, -0.2) is 90.3 Å². The number of halogens is 1. The fourth-order valence-corrected chi connectivity index (χ4v) is 4.85. The lowest BCUT2D eigenvalue weighted by atomic mass is 10.1. The van der Waals surface area contributed by atoms with Gasteiger partial charge in [-0.3, -0.25) is 14.0 Å². The molecule has 1 atom stereocenters. The summed E-state index contributed by atoms with van der Waals surface area (Å²) >= 11 is 0. The summed E-state index contributed by atoms with van der Waals surface area (Å²) < 4.78 is 32.1. The van der Waals surface area contributed by atoms with Crippen LogP contribution < -0.4 is 21.1 Å². The van der Waals surface area contributed by atoms with Gasteiger partial charge in [-0.25, -0.2) is 14.4 Å². The number of fused-ring (bicyclic) bond motifs is 1. The van der Waals surface area contributed by atoms with Gasteiger partial charge in [-0.05, 0) is 48.9 Å². The largest absolute Gasteiger partial charge is 0.494 e. The lowest BCUT2D eigenvalue weighted by molar-refractivity contribution is -0.143. The Morgan fingerprint density at radius 2 is 2.07 bits per heavy atom. The first-order valence-electron chi connectivity index (χ1n) is 13.9. The van der Waals surface area contributed by atoms with Crippen molar-refractivity contribution in [1.82, 2.24) is 24.6 Å². The van der Waals surface area contributed by atoms with Crippen molar-refractivity contribution in [3.05, 3.63) is 71.9 Å². The van der Waals surface area contributed by atoms with E-state index in [0.29, 0.717) is 54.5 Å². The first kappa shape index (κ1) is 29.9. The third kappa shape index (κ3) is 6.91. The van der Waals surface area contributed by atoms with E-state index in [1.807, 2.05) is 17.4 Å². The van der Waals surface area contributed by atoms with E-state index in [0.717, 1.165) is 11.3 Å². The van der Waals surface area contributed by atoms with Crippen molar-refractivity contribution in [3.8, 4) is 17.0 Å². The molecule has 4 aromatic rings. The highest BCUT2D eigenvalue weighted by molar-refractivity contribution is 5.96. The summed E-state index contributed by atoms with van der Waals surface area (Å²) in [7, 11) is 1.42. The first-order valence-corrected chi connectivity index (χ1v) is 13.9. The van der Waals surface area contributed by atoms with Crippen molar-refractivity contribution >= 4 is 29.0 Å². The molecule has 1 unspecified atom stereocenters. The number of carbonyl (C=O) groups excluding carboxylic acids is 2. The van der Waals surface area contributed by atoms with Gasteiger partial charge in [0.05, 0.1) is 38.3 Å². The minimum atomic E-state index is -0.463. The summed E-state index contributed by atoms with van der Waals surface area (Å²) in [4.78, 5) is 35.7. The minimum Gasteiger partial charge on any atom is -0.494 e. The number of nitrogens with two attached hydrogens (primary N) is 1. The fraction of sp³-hybridized carbons (Fsp3) is 0.333. The van der Waals surface area contributed by atoms with Crippen molar-refractivity contribution in [2.24, 2.45) is 5.73 Å². The second kappa shape index (κ2) is 13.6. The highest BCUT2D eigenvalue weighted by Crippen LogP contribution is 2.28. The number of methoxy groups -OCH3 is 1. The number of aromatic nitrogens is 3.